The standard InChI is InChI=1S/C14H14F2N6O2/c1-9(14(2,15)16)19-21-18-7-10-6-11(8-23)22(20-10)13-12(24)4-3-5-17-13/h3-6,8,24H,1,7H2,2H3,(H,18,19). The summed E-state index contributed by atoms with van der Waals surface area (Å²) in [6.45, 7) is 3.74. The van der Waals surface area contributed by atoms with E-state index in [9.17, 15) is 18.7 Å². The summed E-state index contributed by atoms with van der Waals surface area (Å²) in [5.74, 6) is -3.19. The number of alkyl halides is 2. The third-order valence-electron chi connectivity index (χ3n) is 2.89. The Labute approximate surface area is 135 Å². The van der Waals surface area contributed by atoms with Crippen LogP contribution in [0.1, 0.15) is 23.1 Å². The Hall–Kier alpha value is -3.17. The van der Waals surface area contributed by atoms with Crippen LogP contribution in [-0.4, -0.2) is 32.1 Å². The Morgan fingerprint density at radius 3 is 2.96 bits per heavy atom. The molecule has 0 aliphatic heterocycles. The lowest BCUT2D eigenvalue weighted by atomic mass is 10.3. The van der Waals surface area contributed by atoms with Gasteiger partial charge in [-0.3, -0.25) is 10.2 Å². The Morgan fingerprint density at radius 2 is 2.33 bits per heavy atom. The maximum atomic E-state index is 12.8. The molecule has 0 atom stereocenters. The highest BCUT2D eigenvalue weighted by Crippen LogP contribution is 2.20. The summed E-state index contributed by atoms with van der Waals surface area (Å²) >= 11 is 0. The number of carbonyl (C=O) groups is 1. The summed E-state index contributed by atoms with van der Waals surface area (Å²) in [6, 6.07) is 4.35. The molecule has 0 aliphatic carbocycles. The topological polar surface area (TPSA) is 105 Å². The van der Waals surface area contributed by atoms with E-state index in [0.717, 1.165) is 4.68 Å². The van der Waals surface area contributed by atoms with E-state index >= 15 is 0 Å². The van der Waals surface area contributed by atoms with Crippen LogP contribution in [0.15, 0.2) is 47.0 Å². The summed E-state index contributed by atoms with van der Waals surface area (Å²) in [6.07, 6.45) is 1.98. The number of hydrogen-bond acceptors (Lipinski definition) is 6. The van der Waals surface area contributed by atoms with Crippen molar-refractivity contribution < 1.29 is 18.7 Å². The van der Waals surface area contributed by atoms with E-state index < -0.39 is 11.6 Å². The van der Waals surface area contributed by atoms with Crippen molar-refractivity contribution in [2.24, 2.45) is 10.3 Å². The molecule has 0 fully saturated rings. The fourth-order valence-electron chi connectivity index (χ4n) is 1.63. The minimum atomic E-state index is -3.12. The van der Waals surface area contributed by atoms with Crippen LogP contribution in [0.2, 0.25) is 0 Å². The lowest BCUT2D eigenvalue weighted by Gasteiger charge is -2.11. The Kier molecular flexibility index (Phi) is 4.97. The van der Waals surface area contributed by atoms with Crippen LogP contribution in [-0.2, 0) is 6.54 Å². The number of aromatic nitrogens is 3. The Morgan fingerprint density at radius 1 is 1.58 bits per heavy atom. The SMILES string of the molecule is C=C(NN=NCc1cc(C=O)n(-c2ncccc2O)n1)C(C)(F)F. The molecule has 126 valence electrons. The van der Waals surface area contributed by atoms with Gasteiger partial charge >= 0.3 is 0 Å². The normalized spacial score (nSPS) is 11.6. The van der Waals surface area contributed by atoms with Crippen LogP contribution >= 0.6 is 0 Å². The minimum absolute atomic E-state index is 0.0724. The van der Waals surface area contributed by atoms with Crippen molar-refractivity contribution in [3.05, 3.63) is 48.1 Å². The number of aromatic hydroxyl groups is 1. The molecule has 2 N–H and O–H groups in total. The molecular formula is C14H14F2N6O2. The van der Waals surface area contributed by atoms with Gasteiger partial charge in [-0.05, 0) is 18.2 Å². The minimum Gasteiger partial charge on any atom is -0.504 e. The molecule has 0 saturated heterocycles. The van der Waals surface area contributed by atoms with E-state index in [-0.39, 0.29) is 23.8 Å². The summed E-state index contributed by atoms with van der Waals surface area (Å²) < 4.78 is 26.8. The van der Waals surface area contributed by atoms with Crippen molar-refractivity contribution in [3.63, 3.8) is 0 Å². The van der Waals surface area contributed by atoms with E-state index in [2.05, 4.69) is 27.0 Å². The number of pyridine rings is 1. The van der Waals surface area contributed by atoms with Crippen molar-refractivity contribution in [1.82, 2.24) is 20.2 Å². The number of hydrogen-bond donors (Lipinski definition) is 2. The van der Waals surface area contributed by atoms with E-state index in [0.29, 0.717) is 18.9 Å². The predicted octanol–water partition coefficient (Wildman–Crippen LogP) is 2.41. The van der Waals surface area contributed by atoms with Gasteiger partial charge in [0, 0.05) is 13.1 Å². The first-order valence-corrected chi connectivity index (χ1v) is 6.71. The first kappa shape index (κ1) is 17.2. The lowest BCUT2D eigenvalue weighted by Crippen LogP contribution is -2.22. The third-order valence-corrected chi connectivity index (χ3v) is 2.89. The number of nitrogens with one attached hydrogen (secondary N) is 1. The van der Waals surface area contributed by atoms with Gasteiger partial charge in [-0.25, -0.2) is 9.67 Å². The second kappa shape index (κ2) is 6.94. The average molecular weight is 336 g/mol. The number of rotatable bonds is 7. The van der Waals surface area contributed by atoms with Gasteiger partial charge in [-0.2, -0.15) is 19.0 Å². The summed E-state index contributed by atoms with van der Waals surface area (Å²) in [4.78, 5) is 15.1. The largest absolute Gasteiger partial charge is 0.504 e. The summed E-state index contributed by atoms with van der Waals surface area (Å²) in [5.41, 5.74) is 1.91. The first-order valence-electron chi connectivity index (χ1n) is 6.71. The quantitative estimate of drug-likeness (QED) is 0.459. The molecule has 2 aromatic rings. The fourth-order valence-corrected chi connectivity index (χ4v) is 1.63. The highest BCUT2D eigenvalue weighted by atomic mass is 19.3. The van der Waals surface area contributed by atoms with Gasteiger partial charge in [0.1, 0.15) is 12.2 Å². The van der Waals surface area contributed by atoms with Crippen LogP contribution in [0, 0.1) is 0 Å². The molecule has 0 unspecified atom stereocenters. The fraction of sp³-hybridized carbons (Fsp3) is 0.214. The maximum absolute atomic E-state index is 12.8. The van der Waals surface area contributed by atoms with E-state index in [1.165, 1.54) is 24.4 Å². The van der Waals surface area contributed by atoms with Crippen LogP contribution in [0.5, 0.6) is 5.75 Å². The molecule has 0 saturated carbocycles. The van der Waals surface area contributed by atoms with Crippen LogP contribution in [0.4, 0.5) is 8.78 Å². The van der Waals surface area contributed by atoms with E-state index in [4.69, 9.17) is 0 Å². The zero-order valence-corrected chi connectivity index (χ0v) is 12.6. The zero-order valence-electron chi connectivity index (χ0n) is 12.6. The Bertz CT molecular complexity index is 782. The number of halogens is 2. The van der Waals surface area contributed by atoms with Crippen molar-refractivity contribution >= 4 is 6.29 Å². The van der Waals surface area contributed by atoms with Crippen LogP contribution in [0.25, 0.3) is 5.82 Å². The smallest absolute Gasteiger partial charge is 0.285 e. The van der Waals surface area contributed by atoms with Crippen molar-refractivity contribution in [2.45, 2.75) is 19.4 Å². The van der Waals surface area contributed by atoms with Gasteiger partial charge in [-0.15, -0.1) is 0 Å². The first-order chi connectivity index (χ1) is 11.3. The van der Waals surface area contributed by atoms with Crippen molar-refractivity contribution in [3.8, 4) is 11.6 Å². The maximum Gasteiger partial charge on any atom is 0.285 e. The number of allylic oxidation sites excluding steroid dienone is 1. The monoisotopic (exact) mass is 336 g/mol. The molecule has 0 radical (unpaired) electrons. The molecule has 0 spiro atoms. The molecule has 2 heterocycles. The second-order valence-corrected chi connectivity index (χ2v) is 4.81. The van der Waals surface area contributed by atoms with Crippen LogP contribution < -0.4 is 5.43 Å². The average Bonchev–Trinajstić information content (AvgIpc) is 2.94. The molecular weight excluding hydrogens is 322 g/mol. The number of nitrogens with zero attached hydrogens (tertiary/aromatic N) is 5. The molecule has 8 nitrogen and oxygen atoms in total. The van der Waals surface area contributed by atoms with Gasteiger partial charge in [0.15, 0.2) is 17.9 Å². The predicted molar refractivity (Wildman–Crippen MR) is 79.9 cm³/mol. The molecule has 2 aromatic heterocycles. The molecule has 0 amide bonds. The van der Waals surface area contributed by atoms with Gasteiger partial charge in [-0.1, -0.05) is 11.8 Å². The highest BCUT2D eigenvalue weighted by Gasteiger charge is 2.25. The van der Waals surface area contributed by atoms with E-state index in [1.54, 1.807) is 0 Å². The molecule has 0 aromatic carbocycles. The molecule has 2 rings (SSSR count). The van der Waals surface area contributed by atoms with Crippen molar-refractivity contribution in [1.29, 1.82) is 0 Å². The van der Waals surface area contributed by atoms with Crippen molar-refractivity contribution in [2.75, 3.05) is 0 Å². The summed E-state index contributed by atoms with van der Waals surface area (Å²) in [5, 5.41) is 20.9. The van der Waals surface area contributed by atoms with Gasteiger partial charge in [0.2, 0.25) is 0 Å². The van der Waals surface area contributed by atoms with Gasteiger partial charge < -0.3 is 5.11 Å². The highest BCUT2D eigenvalue weighted by molar-refractivity contribution is 5.73. The molecule has 10 heteroatoms. The zero-order chi connectivity index (χ0) is 17.7. The Balaban J connectivity index is 2.12. The molecule has 24 heavy (non-hydrogen) atoms. The van der Waals surface area contributed by atoms with Crippen LogP contribution in [0.3, 0.4) is 0 Å². The lowest BCUT2D eigenvalue weighted by molar-refractivity contribution is 0.0560. The molecule has 0 bridgehead atoms. The number of carbonyl (C=O) groups excluding carboxylic acids is 1. The second-order valence-electron chi connectivity index (χ2n) is 4.81. The van der Waals surface area contributed by atoms with E-state index in [1.807, 2.05) is 5.43 Å². The van der Waals surface area contributed by atoms with Gasteiger partial charge in [0.25, 0.3) is 5.92 Å². The third kappa shape index (κ3) is 3.97. The summed E-state index contributed by atoms with van der Waals surface area (Å²) in [7, 11) is 0. The van der Waals surface area contributed by atoms with Gasteiger partial charge in [0.05, 0.1) is 11.4 Å². The molecule has 0 aliphatic rings. The number of aldehydes is 1.